The van der Waals surface area contributed by atoms with Crippen molar-refractivity contribution in [3.63, 3.8) is 0 Å². The Hall–Kier alpha value is -1.66. The summed E-state index contributed by atoms with van der Waals surface area (Å²) >= 11 is 0. The van der Waals surface area contributed by atoms with E-state index in [1.165, 1.54) is 0 Å². The average molecular weight is 362 g/mol. The number of sulfone groups is 1. The number of carbonyl (C=O) groups is 1. The minimum atomic E-state index is -3.09. The molecule has 2 aliphatic heterocycles. The Balaban J connectivity index is 1.72. The SMILES string of the molecule is CC(C)C(=O)N1CCN(CC=Cc2ccccc2)[C@H]2CS(=O)(=O)C[C@H]21. The van der Waals surface area contributed by atoms with Gasteiger partial charge < -0.3 is 4.90 Å². The highest BCUT2D eigenvalue weighted by Gasteiger charge is 2.47. The third-order valence-corrected chi connectivity index (χ3v) is 6.72. The molecule has 6 heteroatoms. The fraction of sp³-hybridized carbons (Fsp3) is 0.526. The molecular formula is C19H26N2O3S. The van der Waals surface area contributed by atoms with Crippen molar-refractivity contribution in [2.24, 2.45) is 5.92 Å². The van der Waals surface area contributed by atoms with Crippen LogP contribution in [0.2, 0.25) is 0 Å². The van der Waals surface area contributed by atoms with Crippen LogP contribution in [0.5, 0.6) is 0 Å². The van der Waals surface area contributed by atoms with Crippen LogP contribution in [0.3, 0.4) is 0 Å². The van der Waals surface area contributed by atoms with E-state index in [1.54, 1.807) is 4.90 Å². The minimum Gasteiger partial charge on any atom is -0.336 e. The van der Waals surface area contributed by atoms with Crippen molar-refractivity contribution in [3.05, 3.63) is 42.0 Å². The van der Waals surface area contributed by atoms with Gasteiger partial charge in [0.15, 0.2) is 9.84 Å². The Morgan fingerprint density at radius 2 is 1.84 bits per heavy atom. The third-order valence-electron chi connectivity index (χ3n) is 5.02. The van der Waals surface area contributed by atoms with Crippen LogP contribution < -0.4 is 0 Å². The van der Waals surface area contributed by atoms with Crippen molar-refractivity contribution in [2.45, 2.75) is 25.9 Å². The number of hydrogen-bond donors (Lipinski definition) is 0. The van der Waals surface area contributed by atoms with Gasteiger partial charge in [-0.05, 0) is 5.56 Å². The molecule has 1 aromatic carbocycles. The van der Waals surface area contributed by atoms with Gasteiger partial charge in [0.05, 0.1) is 17.5 Å². The summed E-state index contributed by atoms with van der Waals surface area (Å²) in [6, 6.07) is 9.75. The molecule has 0 aromatic heterocycles. The normalized spacial score (nSPS) is 26.3. The van der Waals surface area contributed by atoms with Crippen molar-refractivity contribution in [2.75, 3.05) is 31.1 Å². The van der Waals surface area contributed by atoms with Gasteiger partial charge >= 0.3 is 0 Å². The van der Waals surface area contributed by atoms with Crippen LogP contribution in [0.15, 0.2) is 36.4 Å². The number of benzene rings is 1. The molecule has 0 aliphatic carbocycles. The fourth-order valence-corrected chi connectivity index (χ4v) is 5.76. The maximum atomic E-state index is 12.5. The minimum absolute atomic E-state index is 0.0616. The van der Waals surface area contributed by atoms with E-state index in [2.05, 4.69) is 17.1 Å². The number of hydrogen-bond acceptors (Lipinski definition) is 4. The van der Waals surface area contributed by atoms with E-state index in [1.807, 2.05) is 44.2 Å². The smallest absolute Gasteiger partial charge is 0.225 e. The molecule has 0 radical (unpaired) electrons. The topological polar surface area (TPSA) is 57.7 Å². The summed E-state index contributed by atoms with van der Waals surface area (Å²) in [7, 11) is -3.09. The highest BCUT2D eigenvalue weighted by molar-refractivity contribution is 7.91. The summed E-state index contributed by atoms with van der Waals surface area (Å²) in [4.78, 5) is 16.5. The molecule has 136 valence electrons. The first-order valence-electron chi connectivity index (χ1n) is 8.84. The van der Waals surface area contributed by atoms with Gasteiger partial charge in [-0.3, -0.25) is 9.69 Å². The molecule has 3 rings (SSSR count). The summed E-state index contributed by atoms with van der Waals surface area (Å²) in [6.07, 6.45) is 4.14. The quantitative estimate of drug-likeness (QED) is 0.817. The van der Waals surface area contributed by atoms with Gasteiger partial charge in [0, 0.05) is 31.6 Å². The standard InChI is InChI=1S/C19H26N2O3S/c1-15(2)19(22)21-12-11-20(17-13-25(23,24)14-18(17)21)10-6-9-16-7-4-3-5-8-16/h3-9,15,17-18H,10-14H2,1-2H3/t17-,18+/m0/s1. The predicted molar refractivity (Wildman–Crippen MR) is 99.8 cm³/mol. The van der Waals surface area contributed by atoms with E-state index in [-0.39, 0.29) is 35.4 Å². The lowest BCUT2D eigenvalue weighted by Crippen LogP contribution is -2.61. The van der Waals surface area contributed by atoms with Crippen molar-refractivity contribution < 1.29 is 13.2 Å². The zero-order valence-electron chi connectivity index (χ0n) is 14.8. The van der Waals surface area contributed by atoms with Crippen molar-refractivity contribution >= 4 is 21.8 Å². The summed E-state index contributed by atoms with van der Waals surface area (Å²) < 4.78 is 24.4. The van der Waals surface area contributed by atoms with Crippen LogP contribution >= 0.6 is 0 Å². The Morgan fingerprint density at radius 1 is 1.16 bits per heavy atom. The molecule has 2 heterocycles. The van der Waals surface area contributed by atoms with Crippen molar-refractivity contribution in [3.8, 4) is 0 Å². The Morgan fingerprint density at radius 3 is 2.52 bits per heavy atom. The summed E-state index contributed by atoms with van der Waals surface area (Å²) in [5, 5.41) is 0. The molecule has 2 saturated heterocycles. The van der Waals surface area contributed by atoms with E-state index in [4.69, 9.17) is 0 Å². The number of carbonyl (C=O) groups excluding carboxylic acids is 1. The third kappa shape index (κ3) is 4.12. The van der Waals surface area contributed by atoms with E-state index in [0.29, 0.717) is 19.6 Å². The van der Waals surface area contributed by atoms with Crippen LogP contribution in [0, 0.1) is 5.92 Å². The zero-order chi connectivity index (χ0) is 18.0. The molecule has 1 aromatic rings. The molecule has 2 atom stereocenters. The molecule has 5 nitrogen and oxygen atoms in total. The molecular weight excluding hydrogens is 336 g/mol. The fourth-order valence-electron chi connectivity index (χ4n) is 3.75. The van der Waals surface area contributed by atoms with Gasteiger partial charge in [0.25, 0.3) is 0 Å². The Kier molecular flexibility index (Phi) is 5.29. The summed E-state index contributed by atoms with van der Waals surface area (Å²) in [6.45, 7) is 5.77. The van der Waals surface area contributed by atoms with Crippen molar-refractivity contribution in [1.29, 1.82) is 0 Å². The van der Waals surface area contributed by atoms with Crippen LogP contribution in [-0.4, -0.2) is 67.3 Å². The molecule has 0 bridgehead atoms. The lowest BCUT2D eigenvalue weighted by molar-refractivity contribution is -0.140. The second-order valence-corrected chi connectivity index (χ2v) is 9.36. The van der Waals surface area contributed by atoms with Crippen LogP contribution in [0.25, 0.3) is 6.08 Å². The molecule has 0 unspecified atom stereocenters. The number of piperazine rings is 1. The maximum absolute atomic E-state index is 12.5. The predicted octanol–water partition coefficient (Wildman–Crippen LogP) is 1.67. The van der Waals surface area contributed by atoms with Crippen LogP contribution in [0.4, 0.5) is 0 Å². The van der Waals surface area contributed by atoms with Gasteiger partial charge in [-0.2, -0.15) is 0 Å². The summed E-state index contributed by atoms with van der Waals surface area (Å²) in [5.74, 6) is 0.202. The number of nitrogens with zero attached hydrogens (tertiary/aromatic N) is 2. The Bertz CT molecular complexity index is 743. The largest absolute Gasteiger partial charge is 0.336 e. The van der Waals surface area contributed by atoms with Gasteiger partial charge in [-0.15, -0.1) is 0 Å². The number of rotatable bonds is 4. The maximum Gasteiger partial charge on any atom is 0.225 e. The Labute approximate surface area is 150 Å². The molecule has 1 amide bonds. The van der Waals surface area contributed by atoms with E-state index in [0.717, 1.165) is 5.56 Å². The summed E-state index contributed by atoms with van der Waals surface area (Å²) in [5.41, 5.74) is 1.13. The first kappa shape index (κ1) is 18.1. The first-order valence-corrected chi connectivity index (χ1v) is 10.7. The lowest BCUT2D eigenvalue weighted by atomic mass is 10.0. The van der Waals surface area contributed by atoms with E-state index in [9.17, 15) is 13.2 Å². The monoisotopic (exact) mass is 362 g/mol. The van der Waals surface area contributed by atoms with Crippen LogP contribution in [0.1, 0.15) is 19.4 Å². The molecule has 0 N–H and O–H groups in total. The average Bonchev–Trinajstić information content (AvgIpc) is 2.90. The number of amides is 1. The highest BCUT2D eigenvalue weighted by Crippen LogP contribution is 2.28. The van der Waals surface area contributed by atoms with Gasteiger partial charge in [0.1, 0.15) is 0 Å². The van der Waals surface area contributed by atoms with Crippen LogP contribution in [-0.2, 0) is 14.6 Å². The molecule has 2 aliphatic rings. The van der Waals surface area contributed by atoms with Gasteiger partial charge in [0.2, 0.25) is 5.91 Å². The van der Waals surface area contributed by atoms with Gasteiger partial charge in [-0.1, -0.05) is 56.3 Å². The van der Waals surface area contributed by atoms with E-state index < -0.39 is 9.84 Å². The lowest BCUT2D eigenvalue weighted by Gasteiger charge is -2.44. The zero-order valence-corrected chi connectivity index (χ0v) is 15.7. The molecule has 2 fully saturated rings. The van der Waals surface area contributed by atoms with E-state index >= 15 is 0 Å². The second kappa shape index (κ2) is 7.30. The first-order chi connectivity index (χ1) is 11.9. The number of fused-ring (bicyclic) bond motifs is 1. The second-order valence-electron chi connectivity index (χ2n) is 7.21. The highest BCUT2D eigenvalue weighted by atomic mass is 32.2. The molecule has 0 saturated carbocycles. The molecule has 0 spiro atoms. The molecule has 25 heavy (non-hydrogen) atoms. The van der Waals surface area contributed by atoms with Crippen molar-refractivity contribution in [1.82, 2.24) is 9.80 Å². The van der Waals surface area contributed by atoms with Gasteiger partial charge in [-0.25, -0.2) is 8.42 Å².